The predicted octanol–water partition coefficient (Wildman–Crippen LogP) is 1.28. The highest BCUT2D eigenvalue weighted by Crippen LogP contribution is 2.31. The minimum Gasteiger partial charge on any atom is -0.366 e. The summed E-state index contributed by atoms with van der Waals surface area (Å²) < 4.78 is 37.8. The van der Waals surface area contributed by atoms with Crippen molar-refractivity contribution in [1.29, 1.82) is 0 Å². The quantitative estimate of drug-likeness (QED) is 0.840. The van der Waals surface area contributed by atoms with Crippen molar-refractivity contribution >= 4 is 5.91 Å². The summed E-state index contributed by atoms with van der Waals surface area (Å²) in [6, 6.07) is 1.89. The van der Waals surface area contributed by atoms with Gasteiger partial charge in [-0.3, -0.25) is 4.79 Å². The van der Waals surface area contributed by atoms with Gasteiger partial charge in [-0.25, -0.2) is 4.98 Å². The smallest absolute Gasteiger partial charge is 0.366 e. The van der Waals surface area contributed by atoms with Gasteiger partial charge in [-0.2, -0.15) is 13.2 Å². The Labute approximate surface area is 101 Å². The van der Waals surface area contributed by atoms with Gasteiger partial charge in [0.15, 0.2) is 0 Å². The van der Waals surface area contributed by atoms with Gasteiger partial charge in [-0.15, -0.1) is 0 Å². The molecule has 1 aliphatic rings. The van der Waals surface area contributed by atoms with E-state index in [9.17, 15) is 18.0 Å². The average molecular weight is 259 g/mol. The Morgan fingerprint density at radius 3 is 2.67 bits per heavy atom. The molecule has 2 heterocycles. The summed E-state index contributed by atoms with van der Waals surface area (Å²) in [4.78, 5) is 14.8. The summed E-state index contributed by atoms with van der Waals surface area (Å²) in [5.41, 5.74) is 4.38. The maximum absolute atomic E-state index is 12.6. The summed E-state index contributed by atoms with van der Waals surface area (Å²) in [5, 5.41) is 3.02. The SMILES string of the molecule is NC(=O)c1ccc(C(F)(F)F)nc1[C@H]1CCNC1. The first-order chi connectivity index (χ1) is 8.39. The molecule has 1 aromatic rings. The molecular formula is C11H12F3N3O. The number of pyridine rings is 1. The minimum atomic E-state index is -4.52. The average Bonchev–Trinajstić information content (AvgIpc) is 2.80. The highest BCUT2D eigenvalue weighted by molar-refractivity contribution is 5.94. The van der Waals surface area contributed by atoms with E-state index in [0.29, 0.717) is 19.5 Å². The highest BCUT2D eigenvalue weighted by Gasteiger charge is 2.34. The van der Waals surface area contributed by atoms with Crippen LogP contribution in [0.1, 0.15) is 34.1 Å². The summed E-state index contributed by atoms with van der Waals surface area (Å²) in [7, 11) is 0. The van der Waals surface area contributed by atoms with E-state index in [1.165, 1.54) is 0 Å². The van der Waals surface area contributed by atoms with Crippen LogP contribution in [0.3, 0.4) is 0 Å². The van der Waals surface area contributed by atoms with Gasteiger partial charge in [-0.05, 0) is 25.1 Å². The summed E-state index contributed by atoms with van der Waals surface area (Å²) in [6.07, 6.45) is -3.87. The molecular weight excluding hydrogens is 247 g/mol. The summed E-state index contributed by atoms with van der Waals surface area (Å²) >= 11 is 0. The van der Waals surface area contributed by atoms with Gasteiger partial charge >= 0.3 is 6.18 Å². The molecule has 0 aromatic carbocycles. The Morgan fingerprint density at radius 1 is 1.44 bits per heavy atom. The molecule has 0 aliphatic carbocycles. The predicted molar refractivity (Wildman–Crippen MR) is 58.0 cm³/mol. The molecule has 0 saturated carbocycles. The van der Waals surface area contributed by atoms with Crippen molar-refractivity contribution in [3.05, 3.63) is 29.1 Å². The van der Waals surface area contributed by atoms with E-state index in [2.05, 4.69) is 10.3 Å². The Bertz CT molecular complexity index is 467. The highest BCUT2D eigenvalue weighted by atomic mass is 19.4. The van der Waals surface area contributed by atoms with E-state index >= 15 is 0 Å². The lowest BCUT2D eigenvalue weighted by Crippen LogP contribution is -2.20. The first-order valence-electron chi connectivity index (χ1n) is 5.48. The molecule has 1 saturated heterocycles. The lowest BCUT2D eigenvalue weighted by atomic mass is 9.98. The van der Waals surface area contributed by atoms with Crippen molar-refractivity contribution < 1.29 is 18.0 Å². The number of aromatic nitrogens is 1. The van der Waals surface area contributed by atoms with Gasteiger partial charge in [0.25, 0.3) is 5.91 Å². The van der Waals surface area contributed by atoms with Crippen LogP contribution in [-0.4, -0.2) is 24.0 Å². The van der Waals surface area contributed by atoms with E-state index in [1.807, 2.05) is 0 Å². The van der Waals surface area contributed by atoms with Crippen LogP contribution in [0.5, 0.6) is 0 Å². The number of nitrogens with zero attached hydrogens (tertiary/aromatic N) is 1. The van der Waals surface area contributed by atoms with Gasteiger partial charge < -0.3 is 11.1 Å². The van der Waals surface area contributed by atoms with Gasteiger partial charge in [0.2, 0.25) is 0 Å². The van der Waals surface area contributed by atoms with Crippen LogP contribution >= 0.6 is 0 Å². The largest absolute Gasteiger partial charge is 0.433 e. The van der Waals surface area contributed by atoms with Crippen LogP contribution in [0.2, 0.25) is 0 Å². The molecule has 1 fully saturated rings. The number of primary amides is 1. The van der Waals surface area contributed by atoms with Crippen molar-refractivity contribution in [1.82, 2.24) is 10.3 Å². The third-order valence-corrected chi connectivity index (χ3v) is 2.93. The standard InChI is InChI=1S/C11H12F3N3O/c12-11(13,14)8-2-1-7(10(15)18)9(17-8)6-3-4-16-5-6/h1-2,6,16H,3-5H2,(H2,15,18)/t6-/m0/s1. The first kappa shape index (κ1) is 12.8. The molecule has 0 bridgehead atoms. The maximum Gasteiger partial charge on any atom is 0.433 e. The monoisotopic (exact) mass is 259 g/mol. The number of nitrogens with one attached hydrogen (secondary N) is 1. The fraction of sp³-hybridized carbons (Fsp3) is 0.455. The molecule has 1 aromatic heterocycles. The summed E-state index contributed by atoms with van der Waals surface area (Å²) in [5.74, 6) is -0.951. The van der Waals surface area contributed by atoms with Crippen molar-refractivity contribution in [2.75, 3.05) is 13.1 Å². The zero-order chi connectivity index (χ0) is 13.3. The molecule has 7 heteroatoms. The lowest BCUT2D eigenvalue weighted by Gasteiger charge is -2.14. The van der Waals surface area contributed by atoms with Crippen molar-refractivity contribution in [2.24, 2.45) is 5.73 Å². The van der Waals surface area contributed by atoms with Crippen LogP contribution in [0.25, 0.3) is 0 Å². The molecule has 0 spiro atoms. The third-order valence-electron chi connectivity index (χ3n) is 2.93. The Kier molecular flexibility index (Phi) is 3.25. The van der Waals surface area contributed by atoms with Crippen LogP contribution in [-0.2, 0) is 6.18 Å². The first-order valence-corrected chi connectivity index (χ1v) is 5.48. The molecule has 1 aliphatic heterocycles. The van der Waals surface area contributed by atoms with Crippen LogP contribution in [0.15, 0.2) is 12.1 Å². The van der Waals surface area contributed by atoms with E-state index in [4.69, 9.17) is 5.73 Å². The Hall–Kier alpha value is -1.63. The van der Waals surface area contributed by atoms with Gasteiger partial charge in [0.05, 0.1) is 11.3 Å². The number of carbonyl (C=O) groups excluding carboxylic acids is 1. The fourth-order valence-corrected chi connectivity index (χ4v) is 2.04. The van der Waals surface area contributed by atoms with Crippen LogP contribution in [0, 0.1) is 0 Å². The number of halogens is 3. The maximum atomic E-state index is 12.6. The molecule has 1 amide bonds. The molecule has 4 nitrogen and oxygen atoms in total. The van der Waals surface area contributed by atoms with Gasteiger partial charge in [-0.1, -0.05) is 0 Å². The molecule has 18 heavy (non-hydrogen) atoms. The van der Waals surface area contributed by atoms with E-state index in [0.717, 1.165) is 12.1 Å². The van der Waals surface area contributed by atoms with Gasteiger partial charge in [0, 0.05) is 12.5 Å². The topological polar surface area (TPSA) is 68.0 Å². The van der Waals surface area contributed by atoms with Crippen molar-refractivity contribution in [3.8, 4) is 0 Å². The number of amides is 1. The number of hydrogen-bond donors (Lipinski definition) is 2. The zero-order valence-electron chi connectivity index (χ0n) is 9.42. The van der Waals surface area contributed by atoms with Gasteiger partial charge in [0.1, 0.15) is 5.69 Å². The molecule has 3 N–H and O–H groups in total. The number of carbonyl (C=O) groups is 1. The second kappa shape index (κ2) is 4.56. The fourth-order valence-electron chi connectivity index (χ4n) is 2.04. The number of hydrogen-bond acceptors (Lipinski definition) is 3. The van der Waals surface area contributed by atoms with E-state index < -0.39 is 17.8 Å². The van der Waals surface area contributed by atoms with E-state index in [-0.39, 0.29) is 17.2 Å². The normalized spacial score (nSPS) is 20.1. The second-order valence-electron chi connectivity index (χ2n) is 4.18. The molecule has 98 valence electrons. The zero-order valence-corrected chi connectivity index (χ0v) is 9.42. The van der Waals surface area contributed by atoms with Crippen LogP contribution < -0.4 is 11.1 Å². The second-order valence-corrected chi connectivity index (χ2v) is 4.18. The molecule has 2 rings (SSSR count). The van der Waals surface area contributed by atoms with Crippen molar-refractivity contribution in [2.45, 2.75) is 18.5 Å². The molecule has 0 radical (unpaired) electrons. The minimum absolute atomic E-state index is 0.0664. The lowest BCUT2D eigenvalue weighted by molar-refractivity contribution is -0.141. The van der Waals surface area contributed by atoms with E-state index in [1.54, 1.807) is 0 Å². The number of nitrogens with two attached hydrogens (primary N) is 1. The van der Waals surface area contributed by atoms with Crippen LogP contribution in [0.4, 0.5) is 13.2 Å². The Balaban J connectivity index is 2.47. The molecule has 0 unspecified atom stereocenters. The van der Waals surface area contributed by atoms with Crippen molar-refractivity contribution in [3.63, 3.8) is 0 Å². The summed E-state index contributed by atoms with van der Waals surface area (Å²) in [6.45, 7) is 1.20. The number of rotatable bonds is 2. The Morgan fingerprint density at radius 2 is 2.17 bits per heavy atom. The third kappa shape index (κ3) is 2.45. The number of alkyl halides is 3. The molecule has 1 atom stereocenters.